The maximum atomic E-state index is 6.05. The number of benzene rings is 1. The van der Waals surface area contributed by atoms with Gasteiger partial charge in [0, 0.05) is 18.1 Å². The Balaban J connectivity index is 2.12. The van der Waals surface area contributed by atoms with Crippen molar-refractivity contribution in [2.45, 2.75) is 38.1 Å². The van der Waals surface area contributed by atoms with Gasteiger partial charge in [-0.05, 0) is 37.8 Å². The van der Waals surface area contributed by atoms with E-state index in [1.165, 1.54) is 11.1 Å². The van der Waals surface area contributed by atoms with Gasteiger partial charge < -0.3 is 10.5 Å². The summed E-state index contributed by atoms with van der Waals surface area (Å²) in [5, 5.41) is 0. The standard InChI is InChI=1S/C14H21NO/c1-14(2,15)9-11-4-3-5-12(8-11)13-6-7-16-10-13/h3-5,8,13H,6-7,9-10,15H2,1-2H3. The van der Waals surface area contributed by atoms with E-state index in [1.807, 2.05) is 0 Å². The quantitative estimate of drug-likeness (QED) is 0.847. The van der Waals surface area contributed by atoms with Gasteiger partial charge in [0.15, 0.2) is 0 Å². The molecular formula is C14H21NO. The third-order valence-corrected chi connectivity index (χ3v) is 3.01. The molecule has 0 bridgehead atoms. The molecule has 1 saturated heterocycles. The van der Waals surface area contributed by atoms with Gasteiger partial charge in [-0.3, -0.25) is 0 Å². The van der Waals surface area contributed by atoms with Gasteiger partial charge >= 0.3 is 0 Å². The summed E-state index contributed by atoms with van der Waals surface area (Å²) in [5.74, 6) is 0.584. The van der Waals surface area contributed by atoms with Crippen molar-refractivity contribution in [3.63, 3.8) is 0 Å². The lowest BCUT2D eigenvalue weighted by atomic mass is 9.91. The smallest absolute Gasteiger partial charge is 0.0535 e. The van der Waals surface area contributed by atoms with Crippen LogP contribution in [0.15, 0.2) is 24.3 Å². The zero-order valence-electron chi connectivity index (χ0n) is 10.2. The topological polar surface area (TPSA) is 35.2 Å². The minimum absolute atomic E-state index is 0.134. The first-order chi connectivity index (χ1) is 7.54. The average Bonchev–Trinajstić information content (AvgIpc) is 2.68. The Labute approximate surface area is 97.8 Å². The van der Waals surface area contributed by atoms with Crippen molar-refractivity contribution >= 4 is 0 Å². The minimum atomic E-state index is -0.134. The van der Waals surface area contributed by atoms with Gasteiger partial charge in [-0.15, -0.1) is 0 Å². The largest absolute Gasteiger partial charge is 0.381 e. The zero-order valence-corrected chi connectivity index (χ0v) is 10.2. The molecule has 1 fully saturated rings. The van der Waals surface area contributed by atoms with Crippen LogP contribution in [0.1, 0.15) is 37.3 Å². The predicted molar refractivity (Wildman–Crippen MR) is 66.6 cm³/mol. The number of hydrogen-bond acceptors (Lipinski definition) is 2. The molecule has 1 atom stereocenters. The summed E-state index contributed by atoms with van der Waals surface area (Å²) in [4.78, 5) is 0. The molecule has 2 rings (SSSR count). The SMILES string of the molecule is CC(C)(N)Cc1cccc(C2CCOC2)c1. The molecule has 2 N–H and O–H groups in total. The zero-order chi connectivity index (χ0) is 11.6. The van der Waals surface area contributed by atoms with Gasteiger partial charge in [-0.25, -0.2) is 0 Å². The molecule has 0 spiro atoms. The van der Waals surface area contributed by atoms with E-state index in [4.69, 9.17) is 10.5 Å². The van der Waals surface area contributed by atoms with Gasteiger partial charge in [-0.2, -0.15) is 0 Å². The molecule has 1 heterocycles. The van der Waals surface area contributed by atoms with Crippen molar-refractivity contribution in [2.24, 2.45) is 5.73 Å². The van der Waals surface area contributed by atoms with E-state index in [0.717, 1.165) is 26.1 Å². The van der Waals surface area contributed by atoms with E-state index < -0.39 is 0 Å². The van der Waals surface area contributed by atoms with Gasteiger partial charge in [0.2, 0.25) is 0 Å². The molecule has 1 aromatic rings. The van der Waals surface area contributed by atoms with Crippen LogP contribution in [0.3, 0.4) is 0 Å². The molecule has 0 radical (unpaired) electrons. The molecule has 2 heteroatoms. The Morgan fingerprint density at radius 2 is 2.25 bits per heavy atom. The van der Waals surface area contributed by atoms with E-state index in [-0.39, 0.29) is 5.54 Å². The van der Waals surface area contributed by atoms with E-state index in [0.29, 0.717) is 5.92 Å². The lowest BCUT2D eigenvalue weighted by molar-refractivity contribution is 0.194. The Morgan fingerprint density at radius 1 is 1.44 bits per heavy atom. The van der Waals surface area contributed by atoms with Crippen LogP contribution in [0.5, 0.6) is 0 Å². The van der Waals surface area contributed by atoms with Crippen LogP contribution >= 0.6 is 0 Å². The summed E-state index contributed by atoms with van der Waals surface area (Å²) in [6.07, 6.45) is 2.07. The molecule has 1 unspecified atom stereocenters. The maximum Gasteiger partial charge on any atom is 0.0535 e. The Hall–Kier alpha value is -0.860. The normalized spacial score (nSPS) is 21.3. The summed E-state index contributed by atoms with van der Waals surface area (Å²) < 4.78 is 5.43. The van der Waals surface area contributed by atoms with Crippen LogP contribution in [0.2, 0.25) is 0 Å². The monoisotopic (exact) mass is 219 g/mol. The highest BCUT2D eigenvalue weighted by Crippen LogP contribution is 2.26. The van der Waals surface area contributed by atoms with Crippen LogP contribution in [-0.2, 0) is 11.2 Å². The lowest BCUT2D eigenvalue weighted by Gasteiger charge is -2.19. The highest BCUT2D eigenvalue weighted by molar-refractivity contribution is 5.28. The maximum absolute atomic E-state index is 6.05. The number of ether oxygens (including phenoxy) is 1. The third kappa shape index (κ3) is 3.06. The van der Waals surface area contributed by atoms with Crippen LogP contribution in [0.4, 0.5) is 0 Å². The third-order valence-electron chi connectivity index (χ3n) is 3.01. The van der Waals surface area contributed by atoms with E-state index in [9.17, 15) is 0 Å². The molecular weight excluding hydrogens is 198 g/mol. The van der Waals surface area contributed by atoms with Crippen LogP contribution in [0, 0.1) is 0 Å². The second kappa shape index (κ2) is 4.56. The summed E-state index contributed by atoms with van der Waals surface area (Å²) in [6, 6.07) is 8.78. The molecule has 2 nitrogen and oxygen atoms in total. The molecule has 0 aromatic heterocycles. The number of rotatable bonds is 3. The first-order valence-corrected chi connectivity index (χ1v) is 6.00. The lowest BCUT2D eigenvalue weighted by Crippen LogP contribution is -2.34. The van der Waals surface area contributed by atoms with Crippen molar-refractivity contribution in [2.75, 3.05) is 13.2 Å². The highest BCUT2D eigenvalue weighted by atomic mass is 16.5. The fraction of sp³-hybridized carbons (Fsp3) is 0.571. The molecule has 1 aromatic carbocycles. The van der Waals surface area contributed by atoms with Crippen LogP contribution in [-0.4, -0.2) is 18.8 Å². The van der Waals surface area contributed by atoms with E-state index >= 15 is 0 Å². The van der Waals surface area contributed by atoms with Crippen molar-refractivity contribution in [1.29, 1.82) is 0 Å². The molecule has 1 aliphatic rings. The highest BCUT2D eigenvalue weighted by Gasteiger charge is 2.18. The van der Waals surface area contributed by atoms with Crippen molar-refractivity contribution in [1.82, 2.24) is 0 Å². The first-order valence-electron chi connectivity index (χ1n) is 6.00. The second-order valence-corrected chi connectivity index (χ2v) is 5.47. The Morgan fingerprint density at radius 3 is 2.88 bits per heavy atom. The molecule has 0 aliphatic carbocycles. The van der Waals surface area contributed by atoms with Crippen molar-refractivity contribution < 1.29 is 4.74 Å². The summed E-state index contributed by atoms with van der Waals surface area (Å²) >= 11 is 0. The fourth-order valence-electron chi connectivity index (χ4n) is 2.28. The summed E-state index contributed by atoms with van der Waals surface area (Å²) in [5.41, 5.74) is 8.64. The van der Waals surface area contributed by atoms with Gasteiger partial charge in [-0.1, -0.05) is 24.3 Å². The fourth-order valence-corrected chi connectivity index (χ4v) is 2.28. The van der Waals surface area contributed by atoms with Crippen molar-refractivity contribution in [3.05, 3.63) is 35.4 Å². The van der Waals surface area contributed by atoms with Crippen LogP contribution in [0.25, 0.3) is 0 Å². The molecule has 1 aliphatic heterocycles. The second-order valence-electron chi connectivity index (χ2n) is 5.47. The minimum Gasteiger partial charge on any atom is -0.381 e. The Kier molecular flexibility index (Phi) is 3.31. The number of nitrogens with two attached hydrogens (primary N) is 1. The Bertz CT molecular complexity index is 348. The number of hydrogen-bond donors (Lipinski definition) is 1. The van der Waals surface area contributed by atoms with Gasteiger partial charge in [0.25, 0.3) is 0 Å². The van der Waals surface area contributed by atoms with Gasteiger partial charge in [0.1, 0.15) is 0 Å². The average molecular weight is 219 g/mol. The summed E-state index contributed by atoms with van der Waals surface area (Å²) in [6.45, 7) is 5.91. The molecule has 0 amide bonds. The molecule has 0 saturated carbocycles. The van der Waals surface area contributed by atoms with E-state index in [2.05, 4.69) is 38.1 Å². The van der Waals surface area contributed by atoms with Crippen LogP contribution < -0.4 is 5.73 Å². The molecule has 16 heavy (non-hydrogen) atoms. The molecule has 88 valence electrons. The summed E-state index contributed by atoms with van der Waals surface area (Å²) in [7, 11) is 0. The van der Waals surface area contributed by atoms with Gasteiger partial charge in [0.05, 0.1) is 6.61 Å². The van der Waals surface area contributed by atoms with E-state index in [1.54, 1.807) is 0 Å². The van der Waals surface area contributed by atoms with Crippen molar-refractivity contribution in [3.8, 4) is 0 Å². The first kappa shape index (κ1) is 11.6. The predicted octanol–water partition coefficient (Wildman–Crippen LogP) is 2.47.